The molecule has 1 N–H and O–H groups in total. The van der Waals surface area contributed by atoms with Crippen molar-refractivity contribution in [2.24, 2.45) is 5.10 Å². The van der Waals surface area contributed by atoms with E-state index < -0.39 is 0 Å². The number of carbonyl (C=O) groups excluding carboxylic acids is 1. The second-order valence-electron chi connectivity index (χ2n) is 7.53. The topological polar surface area (TPSA) is 72.4 Å². The van der Waals surface area contributed by atoms with Gasteiger partial charge in [0.1, 0.15) is 6.61 Å². The highest BCUT2D eigenvalue weighted by Gasteiger charge is 2.12. The predicted octanol–water partition coefficient (Wildman–Crippen LogP) is 3.75. The Hall–Kier alpha value is -2.42. The molecule has 0 unspecified atom stereocenters. The first-order chi connectivity index (χ1) is 15.1. The lowest BCUT2D eigenvalue weighted by molar-refractivity contribution is 0.0321. The van der Waals surface area contributed by atoms with E-state index >= 15 is 0 Å². The zero-order valence-corrected chi connectivity index (χ0v) is 19.2. The molecule has 1 aromatic heterocycles. The number of thiophene rings is 1. The third-order valence-corrected chi connectivity index (χ3v) is 6.10. The highest BCUT2D eigenvalue weighted by Crippen LogP contribution is 2.28. The predicted molar refractivity (Wildman–Crippen MR) is 124 cm³/mol. The van der Waals surface area contributed by atoms with Gasteiger partial charge in [-0.1, -0.05) is 13.8 Å². The monoisotopic (exact) mass is 445 g/mol. The van der Waals surface area contributed by atoms with Gasteiger partial charge in [0.25, 0.3) is 5.91 Å². The lowest BCUT2D eigenvalue weighted by Crippen LogP contribution is -2.38. The van der Waals surface area contributed by atoms with Crippen LogP contribution in [0.25, 0.3) is 0 Å². The second-order valence-corrected chi connectivity index (χ2v) is 8.48. The van der Waals surface area contributed by atoms with Gasteiger partial charge in [-0.25, -0.2) is 5.43 Å². The number of carbonyl (C=O) groups is 1. The van der Waals surface area contributed by atoms with Crippen molar-refractivity contribution in [1.29, 1.82) is 0 Å². The van der Waals surface area contributed by atoms with Crippen molar-refractivity contribution < 1.29 is 19.0 Å². The Morgan fingerprint density at radius 3 is 2.77 bits per heavy atom. The maximum absolute atomic E-state index is 12.3. The minimum atomic E-state index is -0.215. The van der Waals surface area contributed by atoms with Crippen LogP contribution in [-0.4, -0.2) is 63.1 Å². The van der Waals surface area contributed by atoms with Crippen molar-refractivity contribution in [2.45, 2.75) is 26.7 Å². The van der Waals surface area contributed by atoms with Crippen molar-refractivity contribution in [3.05, 3.63) is 45.6 Å². The van der Waals surface area contributed by atoms with Crippen molar-refractivity contribution in [3.63, 3.8) is 0 Å². The van der Waals surface area contributed by atoms with Gasteiger partial charge in [0.2, 0.25) is 0 Å². The number of hydrogen-bond donors (Lipinski definition) is 1. The number of nitrogens with zero attached hydrogens (tertiary/aromatic N) is 2. The number of amides is 1. The highest BCUT2D eigenvalue weighted by molar-refractivity contribution is 7.10. The number of rotatable bonds is 10. The van der Waals surface area contributed by atoms with Crippen molar-refractivity contribution in [3.8, 4) is 11.5 Å². The molecule has 1 saturated heterocycles. The standard InChI is InChI=1S/C23H31N3O4S/c1-4-29-21-13-18(5-6-20(21)30-12-9-26-7-10-28-11-8-26)15-24-25-23(27)19-14-22(17(2)3)31-16-19/h5-6,13-17H,4,7-12H2,1-3H3,(H,25,27)/b24-15-. The van der Waals surface area contributed by atoms with Crippen LogP contribution in [0.4, 0.5) is 0 Å². The van der Waals surface area contributed by atoms with Gasteiger partial charge in [0.15, 0.2) is 11.5 Å². The molecule has 0 aliphatic carbocycles. The van der Waals surface area contributed by atoms with Crippen molar-refractivity contribution >= 4 is 23.5 Å². The van der Waals surface area contributed by atoms with E-state index in [1.54, 1.807) is 17.6 Å². The lowest BCUT2D eigenvalue weighted by Gasteiger charge is -2.26. The number of nitrogens with one attached hydrogen (secondary N) is 1. The summed E-state index contributed by atoms with van der Waals surface area (Å²) in [5, 5.41) is 5.95. The summed E-state index contributed by atoms with van der Waals surface area (Å²) in [5.41, 5.74) is 4.03. The Balaban J connectivity index is 1.55. The fourth-order valence-electron chi connectivity index (χ4n) is 3.11. The molecule has 8 heteroatoms. The average Bonchev–Trinajstić information content (AvgIpc) is 3.27. The first-order valence-corrected chi connectivity index (χ1v) is 11.6. The molecule has 0 saturated carbocycles. The number of morpholine rings is 1. The second kappa shape index (κ2) is 11.8. The highest BCUT2D eigenvalue weighted by atomic mass is 32.1. The molecule has 0 bridgehead atoms. The maximum Gasteiger partial charge on any atom is 0.272 e. The van der Waals surface area contributed by atoms with Gasteiger partial charge in [-0.3, -0.25) is 9.69 Å². The summed E-state index contributed by atoms with van der Waals surface area (Å²) in [7, 11) is 0. The molecular weight excluding hydrogens is 414 g/mol. The molecule has 1 aromatic carbocycles. The Labute approximate surface area is 188 Å². The van der Waals surface area contributed by atoms with Gasteiger partial charge >= 0.3 is 0 Å². The Kier molecular flexibility index (Phi) is 8.87. The van der Waals surface area contributed by atoms with E-state index in [1.807, 2.05) is 36.6 Å². The third-order valence-electron chi connectivity index (χ3n) is 4.87. The molecule has 2 heterocycles. The zero-order valence-electron chi connectivity index (χ0n) is 18.4. The molecule has 0 spiro atoms. The quantitative estimate of drug-likeness (QED) is 0.446. The van der Waals surface area contributed by atoms with Crippen LogP contribution in [0.15, 0.2) is 34.7 Å². The van der Waals surface area contributed by atoms with Gasteiger partial charge in [0, 0.05) is 29.9 Å². The Morgan fingerprint density at radius 1 is 1.26 bits per heavy atom. The molecule has 1 aliphatic heterocycles. The average molecular weight is 446 g/mol. The Bertz CT molecular complexity index is 875. The first-order valence-electron chi connectivity index (χ1n) is 10.7. The number of ether oxygens (including phenoxy) is 3. The summed E-state index contributed by atoms with van der Waals surface area (Å²) >= 11 is 1.59. The summed E-state index contributed by atoms with van der Waals surface area (Å²) in [5.74, 6) is 1.56. The van der Waals surface area contributed by atoms with Crippen molar-refractivity contribution in [2.75, 3.05) is 46.1 Å². The number of hydrazone groups is 1. The Morgan fingerprint density at radius 2 is 2.06 bits per heavy atom. The normalized spacial score (nSPS) is 14.8. The molecule has 168 valence electrons. The van der Waals surface area contributed by atoms with Crippen LogP contribution >= 0.6 is 11.3 Å². The molecule has 3 rings (SSSR count). The smallest absolute Gasteiger partial charge is 0.272 e. The van der Waals surface area contributed by atoms with Gasteiger partial charge in [0.05, 0.1) is 31.6 Å². The minimum Gasteiger partial charge on any atom is -0.490 e. The SMILES string of the molecule is CCOc1cc(/C=N\NC(=O)c2csc(C(C)C)c2)ccc1OCCN1CCOCC1. The van der Waals surface area contributed by atoms with Crippen LogP contribution in [-0.2, 0) is 4.74 Å². The summed E-state index contributed by atoms with van der Waals surface area (Å²) in [4.78, 5) is 15.8. The molecule has 1 fully saturated rings. The minimum absolute atomic E-state index is 0.215. The lowest BCUT2D eigenvalue weighted by atomic mass is 10.1. The van der Waals surface area contributed by atoms with E-state index in [-0.39, 0.29) is 5.91 Å². The molecule has 2 aromatic rings. The van der Waals surface area contributed by atoms with Crippen LogP contribution in [0.2, 0.25) is 0 Å². The van der Waals surface area contributed by atoms with Crippen LogP contribution < -0.4 is 14.9 Å². The summed E-state index contributed by atoms with van der Waals surface area (Å²) in [6, 6.07) is 7.55. The van der Waals surface area contributed by atoms with Crippen LogP contribution in [0.1, 0.15) is 47.5 Å². The fourth-order valence-corrected chi connectivity index (χ4v) is 4.01. The maximum atomic E-state index is 12.3. The van der Waals surface area contributed by atoms with Crippen molar-refractivity contribution in [1.82, 2.24) is 10.3 Å². The molecule has 0 atom stereocenters. The van der Waals surface area contributed by atoms with Gasteiger partial charge in [-0.05, 0) is 42.7 Å². The van der Waals surface area contributed by atoms with E-state index in [1.165, 1.54) is 4.88 Å². The summed E-state index contributed by atoms with van der Waals surface area (Å²) in [6.07, 6.45) is 1.60. The summed E-state index contributed by atoms with van der Waals surface area (Å²) < 4.78 is 17.1. The van der Waals surface area contributed by atoms with E-state index in [4.69, 9.17) is 14.2 Å². The van der Waals surface area contributed by atoms with E-state index in [9.17, 15) is 4.79 Å². The molecule has 1 amide bonds. The van der Waals surface area contributed by atoms with Crippen LogP contribution in [0, 0.1) is 0 Å². The van der Waals surface area contributed by atoms with Gasteiger partial charge in [-0.15, -0.1) is 11.3 Å². The molecule has 0 radical (unpaired) electrons. The third kappa shape index (κ3) is 7.05. The molecule has 1 aliphatic rings. The van der Waals surface area contributed by atoms with E-state index in [0.29, 0.717) is 36.2 Å². The number of benzene rings is 1. The van der Waals surface area contributed by atoms with E-state index in [2.05, 4.69) is 29.3 Å². The largest absolute Gasteiger partial charge is 0.490 e. The zero-order chi connectivity index (χ0) is 22.1. The van der Waals surface area contributed by atoms with Gasteiger partial charge < -0.3 is 14.2 Å². The number of hydrogen-bond acceptors (Lipinski definition) is 7. The van der Waals surface area contributed by atoms with E-state index in [0.717, 1.165) is 38.4 Å². The summed E-state index contributed by atoms with van der Waals surface area (Å²) in [6.45, 7) is 11.6. The fraction of sp³-hybridized carbons (Fsp3) is 0.478. The van der Waals surface area contributed by atoms with Crippen LogP contribution in [0.3, 0.4) is 0 Å². The molecule has 31 heavy (non-hydrogen) atoms. The first kappa shape index (κ1) is 23.2. The van der Waals surface area contributed by atoms with Crippen LogP contribution in [0.5, 0.6) is 11.5 Å². The van der Waals surface area contributed by atoms with Gasteiger partial charge in [-0.2, -0.15) is 5.10 Å². The molecular formula is C23H31N3O4S. The molecule has 7 nitrogen and oxygen atoms in total.